The van der Waals surface area contributed by atoms with Crippen LogP contribution >= 0.6 is 11.3 Å². The number of thiazole rings is 1. The molecule has 7 nitrogen and oxygen atoms in total. The van der Waals surface area contributed by atoms with Gasteiger partial charge in [0.05, 0.1) is 11.4 Å². The fraction of sp³-hybridized carbons (Fsp3) is 0.0909. The van der Waals surface area contributed by atoms with Crippen molar-refractivity contribution in [3.8, 4) is 0 Å². The Kier molecular flexibility index (Phi) is 5.85. The van der Waals surface area contributed by atoms with Gasteiger partial charge in [-0.2, -0.15) is 0 Å². The number of halogens is 1. The number of esters is 1. The van der Waals surface area contributed by atoms with E-state index in [4.69, 9.17) is 9.15 Å². The molecule has 0 N–H and O–H groups in total. The molecular weight excluding hydrogens is 421 g/mol. The first-order valence-electron chi connectivity index (χ1n) is 9.21. The van der Waals surface area contributed by atoms with E-state index < -0.39 is 11.8 Å². The summed E-state index contributed by atoms with van der Waals surface area (Å²) in [6.45, 7) is 1.22. The zero-order chi connectivity index (χ0) is 21.8. The third kappa shape index (κ3) is 4.67. The number of carbonyl (C=O) groups excluding carboxylic acids is 2. The molecule has 9 heteroatoms. The van der Waals surface area contributed by atoms with E-state index in [0.717, 1.165) is 11.3 Å². The highest BCUT2D eigenvalue weighted by Crippen LogP contribution is 2.30. The Labute approximate surface area is 180 Å². The number of hydrogen-bond acceptors (Lipinski definition) is 7. The minimum atomic E-state index is -0.602. The van der Waals surface area contributed by atoms with Gasteiger partial charge in [0, 0.05) is 24.5 Å². The summed E-state index contributed by atoms with van der Waals surface area (Å²) in [5, 5.41) is 1.93. The second-order valence-corrected chi connectivity index (χ2v) is 7.22. The topological polar surface area (TPSA) is 85.5 Å². The molecule has 0 spiro atoms. The number of aromatic nitrogens is 2. The second-order valence-electron chi connectivity index (χ2n) is 6.39. The lowest BCUT2D eigenvalue weighted by Gasteiger charge is -2.18. The summed E-state index contributed by atoms with van der Waals surface area (Å²) in [5.74, 6) is -1.24. The minimum Gasteiger partial charge on any atom is -0.456 e. The van der Waals surface area contributed by atoms with Crippen molar-refractivity contribution in [1.29, 1.82) is 0 Å². The molecule has 0 bridgehead atoms. The van der Waals surface area contributed by atoms with Crippen LogP contribution in [0, 0.1) is 5.82 Å². The maximum Gasteiger partial charge on any atom is 0.331 e. The van der Waals surface area contributed by atoms with Crippen LogP contribution in [0.1, 0.15) is 18.5 Å². The first-order chi connectivity index (χ1) is 15.0. The number of anilines is 2. The lowest BCUT2D eigenvalue weighted by atomic mass is 10.3. The Bertz CT molecular complexity index is 1250. The largest absolute Gasteiger partial charge is 0.456 e. The van der Waals surface area contributed by atoms with E-state index in [-0.39, 0.29) is 29.2 Å². The molecule has 0 fully saturated rings. The first-order valence-corrected chi connectivity index (χ1v) is 10.1. The fourth-order valence-electron chi connectivity index (χ4n) is 2.80. The summed E-state index contributed by atoms with van der Waals surface area (Å²) in [5.41, 5.74) is 1.85. The van der Waals surface area contributed by atoms with Gasteiger partial charge in [-0.1, -0.05) is 24.3 Å². The maximum atomic E-state index is 14.1. The number of nitrogens with zero attached hydrogens (tertiary/aromatic N) is 3. The fourth-order valence-corrected chi connectivity index (χ4v) is 3.66. The average Bonchev–Trinajstić information content (AvgIpc) is 3.39. The number of amides is 1. The summed E-state index contributed by atoms with van der Waals surface area (Å²) in [6, 6.07) is 13.2. The van der Waals surface area contributed by atoms with Crippen molar-refractivity contribution in [3.05, 3.63) is 77.4 Å². The van der Waals surface area contributed by atoms with Crippen molar-refractivity contribution in [2.45, 2.75) is 13.5 Å². The smallest absolute Gasteiger partial charge is 0.331 e. The predicted molar refractivity (Wildman–Crippen MR) is 114 cm³/mol. The second kappa shape index (κ2) is 8.88. The van der Waals surface area contributed by atoms with E-state index in [1.54, 1.807) is 23.6 Å². The highest BCUT2D eigenvalue weighted by Gasteiger charge is 2.21. The number of oxazole rings is 1. The van der Waals surface area contributed by atoms with Gasteiger partial charge in [-0.15, -0.1) is 11.3 Å². The molecular formula is C22H16FN3O4S. The van der Waals surface area contributed by atoms with Gasteiger partial charge < -0.3 is 9.15 Å². The first kappa shape index (κ1) is 20.4. The number of hydrogen-bond donors (Lipinski definition) is 0. The lowest BCUT2D eigenvalue weighted by Crippen LogP contribution is -2.23. The molecule has 2 heterocycles. The Morgan fingerprint density at radius 3 is 2.71 bits per heavy atom. The van der Waals surface area contributed by atoms with Crippen LogP contribution in [0.2, 0.25) is 0 Å². The van der Waals surface area contributed by atoms with Gasteiger partial charge in [0.25, 0.3) is 0 Å². The Balaban J connectivity index is 1.41. The molecule has 0 aliphatic heterocycles. The van der Waals surface area contributed by atoms with E-state index in [0.29, 0.717) is 16.8 Å². The monoisotopic (exact) mass is 437 g/mol. The molecule has 0 unspecified atom stereocenters. The van der Waals surface area contributed by atoms with Crippen LogP contribution in [-0.4, -0.2) is 21.8 Å². The summed E-state index contributed by atoms with van der Waals surface area (Å²) < 4.78 is 24.8. The molecule has 156 valence electrons. The van der Waals surface area contributed by atoms with Crippen LogP contribution in [0.5, 0.6) is 0 Å². The third-order valence-corrected chi connectivity index (χ3v) is 5.05. The van der Waals surface area contributed by atoms with Gasteiger partial charge in [-0.25, -0.2) is 19.2 Å². The molecule has 2 aromatic carbocycles. The summed E-state index contributed by atoms with van der Waals surface area (Å²) in [7, 11) is 0. The molecule has 4 rings (SSSR count). The van der Waals surface area contributed by atoms with E-state index in [1.807, 2.05) is 12.1 Å². The van der Waals surface area contributed by atoms with Crippen molar-refractivity contribution >= 4 is 51.2 Å². The number of carbonyl (C=O) groups is 2. The summed E-state index contributed by atoms with van der Waals surface area (Å²) in [6.07, 6.45) is 2.63. The molecule has 0 saturated carbocycles. The number of fused-ring (bicyclic) bond motifs is 1. The highest BCUT2D eigenvalue weighted by atomic mass is 32.1. The van der Waals surface area contributed by atoms with Crippen LogP contribution < -0.4 is 4.90 Å². The van der Waals surface area contributed by atoms with Gasteiger partial charge in [0.15, 0.2) is 10.7 Å². The number of para-hydroxylation sites is 3. The summed E-state index contributed by atoms with van der Waals surface area (Å²) in [4.78, 5) is 33.8. The van der Waals surface area contributed by atoms with Gasteiger partial charge in [-0.05, 0) is 24.3 Å². The van der Waals surface area contributed by atoms with Crippen molar-refractivity contribution in [2.24, 2.45) is 0 Å². The molecule has 0 aliphatic rings. The standard InChI is InChI=1S/C22H16FN3O4S/c1-14(27)26(18-8-4-2-6-16(18)23)22-24-15(13-31-22)12-29-21(28)11-10-20-25-17-7-3-5-9-19(17)30-20/h2-11,13H,12H2,1H3/b11-10+. The van der Waals surface area contributed by atoms with Crippen LogP contribution in [0.4, 0.5) is 15.2 Å². The van der Waals surface area contributed by atoms with Crippen LogP contribution in [-0.2, 0) is 20.9 Å². The van der Waals surface area contributed by atoms with E-state index in [1.165, 1.54) is 42.2 Å². The molecule has 1 amide bonds. The average molecular weight is 437 g/mol. The Morgan fingerprint density at radius 1 is 1.16 bits per heavy atom. The minimum absolute atomic E-state index is 0.101. The SMILES string of the molecule is CC(=O)N(c1nc(COC(=O)/C=C/c2nc3ccccc3o2)cs1)c1ccccc1F. The van der Waals surface area contributed by atoms with Crippen molar-refractivity contribution in [3.63, 3.8) is 0 Å². The maximum absolute atomic E-state index is 14.1. The van der Waals surface area contributed by atoms with Crippen LogP contribution in [0.15, 0.2) is 64.4 Å². The predicted octanol–water partition coefficient (Wildman–Crippen LogP) is 4.86. The lowest BCUT2D eigenvalue weighted by molar-refractivity contribution is -0.139. The Morgan fingerprint density at radius 2 is 1.94 bits per heavy atom. The van der Waals surface area contributed by atoms with Crippen molar-refractivity contribution in [1.82, 2.24) is 9.97 Å². The molecule has 31 heavy (non-hydrogen) atoms. The quantitative estimate of drug-likeness (QED) is 0.316. The molecule has 0 atom stereocenters. The highest BCUT2D eigenvalue weighted by molar-refractivity contribution is 7.14. The third-order valence-electron chi connectivity index (χ3n) is 4.17. The van der Waals surface area contributed by atoms with Crippen molar-refractivity contribution < 1.29 is 23.1 Å². The Hall–Kier alpha value is -3.85. The van der Waals surface area contributed by atoms with Gasteiger partial charge in [0.1, 0.15) is 17.9 Å². The van der Waals surface area contributed by atoms with E-state index >= 15 is 0 Å². The van der Waals surface area contributed by atoms with Gasteiger partial charge >= 0.3 is 5.97 Å². The molecule has 0 radical (unpaired) electrons. The van der Waals surface area contributed by atoms with Crippen LogP contribution in [0.3, 0.4) is 0 Å². The zero-order valence-electron chi connectivity index (χ0n) is 16.3. The zero-order valence-corrected chi connectivity index (χ0v) is 17.1. The molecule has 2 aromatic heterocycles. The summed E-state index contributed by atoms with van der Waals surface area (Å²) >= 11 is 1.15. The van der Waals surface area contributed by atoms with Crippen LogP contribution in [0.25, 0.3) is 17.2 Å². The van der Waals surface area contributed by atoms with Crippen molar-refractivity contribution in [2.75, 3.05) is 4.90 Å². The molecule has 0 aliphatic carbocycles. The normalized spacial score (nSPS) is 11.2. The molecule has 4 aromatic rings. The molecule has 0 saturated heterocycles. The number of benzene rings is 2. The van der Waals surface area contributed by atoms with Gasteiger partial charge in [-0.3, -0.25) is 9.69 Å². The van der Waals surface area contributed by atoms with E-state index in [9.17, 15) is 14.0 Å². The van der Waals surface area contributed by atoms with E-state index in [2.05, 4.69) is 9.97 Å². The number of ether oxygens (including phenoxy) is 1. The number of rotatable bonds is 6. The van der Waals surface area contributed by atoms with Gasteiger partial charge in [0.2, 0.25) is 11.8 Å².